The fraction of sp³-hybridized carbons (Fsp3) is 1.00. The zero-order valence-corrected chi connectivity index (χ0v) is 3.29. The quantitative estimate of drug-likeness (QED) is 0.275. The van der Waals surface area contributed by atoms with Crippen LogP contribution >= 0.6 is 0 Å². The van der Waals surface area contributed by atoms with Gasteiger partial charge in [0.15, 0.2) is 0 Å². The molecule has 0 saturated heterocycles. The van der Waals surface area contributed by atoms with E-state index in [1.54, 1.807) is 0 Å². The SMILES string of the molecule is C.O[Si](O)(O)O.[NaH]. The van der Waals surface area contributed by atoms with Crippen LogP contribution in [0.1, 0.15) is 7.43 Å². The number of rotatable bonds is 0. The van der Waals surface area contributed by atoms with Gasteiger partial charge >= 0.3 is 38.6 Å². The summed E-state index contributed by atoms with van der Waals surface area (Å²) in [4.78, 5) is 29.3. The molecule has 0 spiro atoms. The minimum absolute atomic E-state index is 0. The molecule has 0 rings (SSSR count). The Morgan fingerprint density at radius 1 is 0.857 bits per heavy atom. The second-order valence-corrected chi connectivity index (χ2v) is 1.80. The minimum atomic E-state index is -4.61. The molecule has 0 aromatic rings. The summed E-state index contributed by atoms with van der Waals surface area (Å²) in [6.45, 7) is 0. The zero-order valence-electron chi connectivity index (χ0n) is 2.29. The molecule has 0 radical (unpaired) electrons. The summed E-state index contributed by atoms with van der Waals surface area (Å²) in [5.74, 6) is 0. The van der Waals surface area contributed by atoms with Gasteiger partial charge in [0.05, 0.1) is 0 Å². The van der Waals surface area contributed by atoms with Crippen molar-refractivity contribution in [3.63, 3.8) is 0 Å². The van der Waals surface area contributed by atoms with Gasteiger partial charge in [-0.25, -0.2) is 0 Å². The van der Waals surface area contributed by atoms with Crippen LogP contribution in [0, 0.1) is 0 Å². The summed E-state index contributed by atoms with van der Waals surface area (Å²) in [7, 11) is -4.61. The van der Waals surface area contributed by atoms with Crippen molar-refractivity contribution in [2.75, 3.05) is 0 Å². The van der Waals surface area contributed by atoms with Crippen molar-refractivity contribution in [2.24, 2.45) is 0 Å². The standard InChI is InChI=1S/CH4.Na.H4O4Si.H/c;;1-5(2,3)4;/h1H4;;1-4H;. The Labute approximate surface area is 65.2 Å². The Hall–Kier alpha value is 1.06. The van der Waals surface area contributed by atoms with Gasteiger partial charge in [-0.1, -0.05) is 7.43 Å². The van der Waals surface area contributed by atoms with Crippen molar-refractivity contribution >= 4 is 38.6 Å². The second kappa shape index (κ2) is 5.20. The van der Waals surface area contributed by atoms with Crippen LogP contribution in [0.25, 0.3) is 0 Å². The molecule has 0 fully saturated rings. The maximum atomic E-state index is 7.33. The van der Waals surface area contributed by atoms with Gasteiger partial charge in [0.25, 0.3) is 0 Å². The van der Waals surface area contributed by atoms with E-state index in [2.05, 4.69) is 0 Å². The molecular weight excluding hydrogens is 127 g/mol. The molecule has 7 heavy (non-hydrogen) atoms. The molecule has 0 saturated carbocycles. The fourth-order valence-electron chi connectivity index (χ4n) is 0. The number of hydrogen-bond donors (Lipinski definition) is 4. The van der Waals surface area contributed by atoms with Gasteiger partial charge in [-0.2, -0.15) is 0 Å². The van der Waals surface area contributed by atoms with Gasteiger partial charge in [-0.15, -0.1) is 0 Å². The molecule has 0 atom stereocenters. The van der Waals surface area contributed by atoms with Crippen molar-refractivity contribution in [1.82, 2.24) is 0 Å². The van der Waals surface area contributed by atoms with Crippen molar-refractivity contribution in [3.8, 4) is 0 Å². The van der Waals surface area contributed by atoms with E-state index in [1.165, 1.54) is 0 Å². The molecule has 0 aliphatic carbocycles. The van der Waals surface area contributed by atoms with Gasteiger partial charge in [-0.3, -0.25) is 0 Å². The Bertz CT molecular complexity index is 27.2. The van der Waals surface area contributed by atoms with Gasteiger partial charge < -0.3 is 19.2 Å². The first kappa shape index (κ1) is 15.7. The molecular formula is CH9NaO4Si. The molecule has 0 amide bonds. The van der Waals surface area contributed by atoms with Gasteiger partial charge in [0.1, 0.15) is 0 Å². The van der Waals surface area contributed by atoms with E-state index in [4.69, 9.17) is 19.2 Å². The summed E-state index contributed by atoms with van der Waals surface area (Å²) in [5.41, 5.74) is 0. The van der Waals surface area contributed by atoms with Crippen LogP contribution in [0.3, 0.4) is 0 Å². The Kier molecular flexibility index (Phi) is 11.7. The van der Waals surface area contributed by atoms with E-state index in [-0.39, 0.29) is 37.0 Å². The topological polar surface area (TPSA) is 80.9 Å². The molecule has 42 valence electrons. The third-order valence-electron chi connectivity index (χ3n) is 0. The van der Waals surface area contributed by atoms with Crippen LogP contribution in [-0.4, -0.2) is 57.8 Å². The van der Waals surface area contributed by atoms with E-state index < -0.39 is 9.05 Å². The molecule has 0 heterocycles. The Balaban J connectivity index is -0.0000000800. The first-order chi connectivity index (χ1) is 2.00. The summed E-state index contributed by atoms with van der Waals surface area (Å²) >= 11 is 0. The van der Waals surface area contributed by atoms with Gasteiger partial charge in [0.2, 0.25) is 0 Å². The molecule has 0 unspecified atom stereocenters. The van der Waals surface area contributed by atoms with E-state index in [0.29, 0.717) is 0 Å². The number of hydrogen-bond acceptors (Lipinski definition) is 4. The molecule has 6 heteroatoms. The molecule has 4 N–H and O–H groups in total. The van der Waals surface area contributed by atoms with Crippen molar-refractivity contribution in [2.45, 2.75) is 7.43 Å². The van der Waals surface area contributed by atoms with Crippen LogP contribution in [0.4, 0.5) is 0 Å². The van der Waals surface area contributed by atoms with Crippen molar-refractivity contribution < 1.29 is 19.2 Å². The third kappa shape index (κ3) is 162. The van der Waals surface area contributed by atoms with E-state index >= 15 is 0 Å². The third-order valence-corrected chi connectivity index (χ3v) is 0. The molecule has 0 aliphatic rings. The molecule has 0 aromatic heterocycles. The van der Waals surface area contributed by atoms with E-state index in [0.717, 1.165) is 0 Å². The van der Waals surface area contributed by atoms with Crippen LogP contribution in [0.15, 0.2) is 0 Å². The monoisotopic (exact) mass is 136 g/mol. The van der Waals surface area contributed by atoms with Crippen LogP contribution in [0.5, 0.6) is 0 Å². The summed E-state index contributed by atoms with van der Waals surface area (Å²) < 4.78 is 0. The van der Waals surface area contributed by atoms with Gasteiger partial charge in [0, 0.05) is 0 Å². The van der Waals surface area contributed by atoms with E-state index in [1.807, 2.05) is 0 Å². The summed E-state index contributed by atoms with van der Waals surface area (Å²) in [5, 5.41) is 0. The normalized spacial score (nSPS) is 8.57. The van der Waals surface area contributed by atoms with Crippen LogP contribution in [-0.2, 0) is 0 Å². The van der Waals surface area contributed by atoms with Crippen LogP contribution < -0.4 is 0 Å². The van der Waals surface area contributed by atoms with E-state index in [9.17, 15) is 0 Å². The Morgan fingerprint density at radius 3 is 0.857 bits per heavy atom. The summed E-state index contributed by atoms with van der Waals surface area (Å²) in [6.07, 6.45) is 0. The fourth-order valence-corrected chi connectivity index (χ4v) is 0. The molecule has 0 bridgehead atoms. The Morgan fingerprint density at radius 2 is 0.857 bits per heavy atom. The van der Waals surface area contributed by atoms with Gasteiger partial charge in [-0.05, 0) is 0 Å². The zero-order chi connectivity index (χ0) is 4.50. The second-order valence-electron chi connectivity index (χ2n) is 0.600. The summed E-state index contributed by atoms with van der Waals surface area (Å²) in [6, 6.07) is 0. The molecule has 4 nitrogen and oxygen atoms in total. The maximum absolute atomic E-state index is 7.33. The first-order valence-electron chi connectivity index (χ1n) is 0.894. The first-order valence-corrected chi connectivity index (χ1v) is 2.68. The van der Waals surface area contributed by atoms with Crippen LogP contribution in [0.2, 0.25) is 0 Å². The molecule has 0 aliphatic heterocycles. The predicted molar refractivity (Wildman–Crippen MR) is 28.5 cm³/mol. The average molecular weight is 136 g/mol. The van der Waals surface area contributed by atoms with Crippen molar-refractivity contribution in [3.05, 3.63) is 0 Å². The average Bonchev–Trinajstić information content (AvgIpc) is 0.722. The predicted octanol–water partition coefficient (Wildman–Crippen LogP) is -2.62. The van der Waals surface area contributed by atoms with Crippen molar-refractivity contribution in [1.29, 1.82) is 0 Å². The molecule has 0 aromatic carbocycles.